The van der Waals surface area contributed by atoms with Gasteiger partial charge in [0.1, 0.15) is 6.54 Å². The summed E-state index contributed by atoms with van der Waals surface area (Å²) in [5.74, 6) is -0.739. The average Bonchev–Trinajstić information content (AvgIpc) is 3.06. The van der Waals surface area contributed by atoms with Crippen LogP contribution in [0, 0.1) is 12.8 Å². The van der Waals surface area contributed by atoms with Crippen LogP contribution in [0.4, 0.5) is 11.4 Å². The number of carbonyl (C=O) groups excluding carboxylic acids is 3. The Kier molecular flexibility index (Phi) is 4.63. The first kappa shape index (κ1) is 18.2. The molecule has 6 nitrogen and oxygen atoms in total. The second-order valence-corrected chi connectivity index (χ2v) is 7.53. The topological polar surface area (TPSA) is 60.9 Å². The summed E-state index contributed by atoms with van der Waals surface area (Å²) >= 11 is 0. The van der Waals surface area contributed by atoms with E-state index in [1.165, 1.54) is 10.5 Å². The largest absolute Gasteiger partial charge is 0.338 e. The maximum absolute atomic E-state index is 13.2. The van der Waals surface area contributed by atoms with Gasteiger partial charge in [0.05, 0.1) is 17.3 Å². The molecule has 2 aliphatic rings. The Morgan fingerprint density at radius 3 is 2.39 bits per heavy atom. The van der Waals surface area contributed by atoms with Crippen molar-refractivity contribution in [1.82, 2.24) is 4.90 Å². The third-order valence-corrected chi connectivity index (χ3v) is 5.53. The van der Waals surface area contributed by atoms with Crippen LogP contribution in [-0.4, -0.2) is 42.8 Å². The molecule has 144 valence electrons. The van der Waals surface area contributed by atoms with E-state index in [9.17, 15) is 14.4 Å². The second-order valence-electron chi connectivity index (χ2n) is 7.53. The molecule has 0 spiro atoms. The van der Waals surface area contributed by atoms with E-state index >= 15 is 0 Å². The number of nitrogens with zero attached hydrogens (tertiary/aromatic N) is 3. The zero-order valence-electron chi connectivity index (χ0n) is 16.1. The van der Waals surface area contributed by atoms with Crippen molar-refractivity contribution < 1.29 is 14.4 Å². The zero-order chi connectivity index (χ0) is 19.8. The standard InChI is InChI=1S/C22H23N3O3/c1-15-7-9-16(10-8-15)12-24-13-17(11-20(24)26)22(28)25-14-21(27)23(2)18-5-3-4-6-19(18)25/h3-10,17H,11-14H2,1-2H3. The van der Waals surface area contributed by atoms with Crippen LogP contribution in [0.5, 0.6) is 0 Å². The van der Waals surface area contributed by atoms with E-state index in [4.69, 9.17) is 0 Å². The van der Waals surface area contributed by atoms with Crippen molar-refractivity contribution in [3.63, 3.8) is 0 Å². The van der Waals surface area contributed by atoms with Crippen LogP contribution >= 0.6 is 0 Å². The molecule has 2 heterocycles. The fourth-order valence-electron chi connectivity index (χ4n) is 3.86. The molecule has 28 heavy (non-hydrogen) atoms. The number of hydrogen-bond acceptors (Lipinski definition) is 3. The molecule has 2 aliphatic heterocycles. The van der Waals surface area contributed by atoms with E-state index < -0.39 is 5.92 Å². The van der Waals surface area contributed by atoms with Gasteiger partial charge in [-0.2, -0.15) is 0 Å². The maximum atomic E-state index is 13.2. The van der Waals surface area contributed by atoms with Crippen molar-refractivity contribution in [3.8, 4) is 0 Å². The minimum absolute atomic E-state index is 0.00893. The lowest BCUT2D eigenvalue weighted by Gasteiger charge is -2.35. The van der Waals surface area contributed by atoms with Gasteiger partial charge in [0.25, 0.3) is 0 Å². The third kappa shape index (κ3) is 3.26. The quantitative estimate of drug-likeness (QED) is 0.825. The van der Waals surface area contributed by atoms with E-state index in [2.05, 4.69) is 0 Å². The van der Waals surface area contributed by atoms with Gasteiger partial charge < -0.3 is 14.7 Å². The Hall–Kier alpha value is -3.15. The number of anilines is 2. The minimum Gasteiger partial charge on any atom is -0.338 e. The highest BCUT2D eigenvalue weighted by Crippen LogP contribution is 2.34. The summed E-state index contributed by atoms with van der Waals surface area (Å²) in [6.07, 6.45) is 0.188. The number of hydrogen-bond donors (Lipinski definition) is 0. The van der Waals surface area contributed by atoms with Crippen LogP contribution in [0.3, 0.4) is 0 Å². The molecule has 0 N–H and O–H groups in total. The molecule has 2 aromatic carbocycles. The molecule has 1 unspecified atom stereocenters. The van der Waals surface area contributed by atoms with E-state index in [1.807, 2.05) is 55.5 Å². The number of amides is 3. The Bertz CT molecular complexity index is 938. The van der Waals surface area contributed by atoms with Crippen LogP contribution in [0.15, 0.2) is 48.5 Å². The van der Waals surface area contributed by atoms with Gasteiger partial charge in [0, 0.05) is 26.6 Å². The van der Waals surface area contributed by atoms with Gasteiger partial charge in [-0.1, -0.05) is 42.0 Å². The maximum Gasteiger partial charge on any atom is 0.246 e. The van der Waals surface area contributed by atoms with E-state index in [1.54, 1.807) is 16.8 Å². The molecule has 0 aromatic heterocycles. The molecule has 6 heteroatoms. The summed E-state index contributed by atoms with van der Waals surface area (Å²) in [4.78, 5) is 42.8. The van der Waals surface area contributed by atoms with Crippen LogP contribution in [0.2, 0.25) is 0 Å². The van der Waals surface area contributed by atoms with Gasteiger partial charge in [0.15, 0.2) is 0 Å². The number of rotatable bonds is 3. The summed E-state index contributed by atoms with van der Waals surface area (Å²) < 4.78 is 0. The van der Waals surface area contributed by atoms with Crippen molar-refractivity contribution in [2.24, 2.45) is 5.92 Å². The lowest BCUT2D eigenvalue weighted by molar-refractivity contribution is -0.129. The van der Waals surface area contributed by atoms with Gasteiger partial charge in [0.2, 0.25) is 17.7 Å². The molecule has 0 bridgehead atoms. The first-order chi connectivity index (χ1) is 13.4. The zero-order valence-corrected chi connectivity index (χ0v) is 16.1. The average molecular weight is 377 g/mol. The van der Waals surface area contributed by atoms with Crippen molar-refractivity contribution in [1.29, 1.82) is 0 Å². The van der Waals surface area contributed by atoms with Gasteiger partial charge in [-0.05, 0) is 24.6 Å². The number of aryl methyl sites for hydroxylation is 1. The molecule has 1 fully saturated rings. The van der Waals surface area contributed by atoms with Gasteiger partial charge >= 0.3 is 0 Å². The molecule has 4 rings (SSSR count). The molecule has 3 amide bonds. The van der Waals surface area contributed by atoms with Crippen LogP contribution in [0.25, 0.3) is 0 Å². The Morgan fingerprint density at radius 1 is 1.00 bits per heavy atom. The second kappa shape index (κ2) is 7.11. The smallest absolute Gasteiger partial charge is 0.246 e. The summed E-state index contributed by atoms with van der Waals surface area (Å²) in [6.45, 7) is 2.92. The van der Waals surface area contributed by atoms with Gasteiger partial charge in [-0.3, -0.25) is 14.4 Å². The normalized spacial score (nSPS) is 19.2. The number of fused-ring (bicyclic) bond motifs is 1. The van der Waals surface area contributed by atoms with E-state index in [-0.39, 0.29) is 30.7 Å². The molecular formula is C22H23N3O3. The highest BCUT2D eigenvalue weighted by molar-refractivity contribution is 6.12. The Labute approximate surface area is 164 Å². The molecule has 0 saturated carbocycles. The first-order valence-electron chi connectivity index (χ1n) is 9.44. The molecule has 1 saturated heterocycles. The monoisotopic (exact) mass is 377 g/mol. The van der Waals surface area contributed by atoms with Crippen LogP contribution in [0.1, 0.15) is 17.5 Å². The van der Waals surface area contributed by atoms with Crippen LogP contribution < -0.4 is 9.80 Å². The summed E-state index contributed by atoms with van der Waals surface area (Å²) in [5.41, 5.74) is 3.65. The Balaban J connectivity index is 1.51. The molecule has 0 aliphatic carbocycles. The predicted molar refractivity (Wildman–Crippen MR) is 107 cm³/mol. The van der Waals surface area contributed by atoms with Crippen molar-refractivity contribution in [2.45, 2.75) is 19.9 Å². The fraction of sp³-hybridized carbons (Fsp3) is 0.318. The lowest BCUT2D eigenvalue weighted by atomic mass is 10.0. The minimum atomic E-state index is -0.429. The predicted octanol–water partition coefficient (Wildman–Crippen LogP) is 2.35. The third-order valence-electron chi connectivity index (χ3n) is 5.53. The number of likely N-dealkylation sites (tertiary alicyclic amines) is 1. The summed E-state index contributed by atoms with van der Waals surface area (Å²) in [6, 6.07) is 15.4. The lowest BCUT2D eigenvalue weighted by Crippen LogP contribution is -2.48. The van der Waals surface area contributed by atoms with E-state index in [0.29, 0.717) is 18.8 Å². The highest BCUT2D eigenvalue weighted by Gasteiger charge is 2.39. The number of likely N-dealkylation sites (N-methyl/N-ethyl adjacent to an activating group) is 1. The SMILES string of the molecule is Cc1ccc(CN2CC(C(=O)N3CC(=O)N(C)c4ccccc43)CC2=O)cc1. The van der Waals surface area contributed by atoms with Crippen molar-refractivity contribution >= 4 is 29.1 Å². The van der Waals surface area contributed by atoms with Gasteiger partial charge in [-0.25, -0.2) is 0 Å². The number of para-hydroxylation sites is 2. The van der Waals surface area contributed by atoms with Crippen molar-refractivity contribution in [2.75, 3.05) is 29.9 Å². The Morgan fingerprint density at radius 2 is 1.68 bits per heavy atom. The molecule has 1 atom stereocenters. The van der Waals surface area contributed by atoms with Crippen LogP contribution in [-0.2, 0) is 20.9 Å². The number of benzene rings is 2. The molecule has 0 radical (unpaired) electrons. The van der Waals surface area contributed by atoms with E-state index in [0.717, 1.165) is 11.3 Å². The van der Waals surface area contributed by atoms with Gasteiger partial charge in [-0.15, -0.1) is 0 Å². The molecular weight excluding hydrogens is 354 g/mol. The molecule has 2 aromatic rings. The summed E-state index contributed by atoms with van der Waals surface area (Å²) in [5, 5.41) is 0. The summed E-state index contributed by atoms with van der Waals surface area (Å²) in [7, 11) is 1.71. The highest BCUT2D eigenvalue weighted by atomic mass is 16.2. The number of carbonyl (C=O) groups is 3. The van der Waals surface area contributed by atoms with Crippen molar-refractivity contribution in [3.05, 3.63) is 59.7 Å². The fourth-order valence-corrected chi connectivity index (χ4v) is 3.86. The first-order valence-corrected chi connectivity index (χ1v) is 9.44.